The molecule has 32 heavy (non-hydrogen) atoms. The van der Waals surface area contributed by atoms with Gasteiger partial charge in [-0.05, 0) is 42.7 Å². The van der Waals surface area contributed by atoms with Gasteiger partial charge in [0.05, 0.1) is 4.90 Å². The van der Waals surface area contributed by atoms with Crippen molar-refractivity contribution in [2.45, 2.75) is 44.0 Å². The summed E-state index contributed by atoms with van der Waals surface area (Å²) in [7, 11) is -3.69. The minimum absolute atomic E-state index is 0.0736. The molecule has 0 aromatic heterocycles. The number of hydrogen-bond acceptors (Lipinski definition) is 5. The Labute approximate surface area is 187 Å². The molecule has 0 saturated carbocycles. The van der Waals surface area contributed by atoms with E-state index in [0.717, 1.165) is 12.1 Å². The molecular formula is C23H26N4O4S. The van der Waals surface area contributed by atoms with Gasteiger partial charge in [0.2, 0.25) is 11.8 Å². The molecule has 2 aromatic carbocycles. The van der Waals surface area contributed by atoms with Gasteiger partial charge < -0.3 is 10.2 Å². The number of fused-ring (bicyclic) bond motifs is 1. The number of sulfonamides is 1. The maximum atomic E-state index is 13.2. The first-order valence-electron chi connectivity index (χ1n) is 10.7. The second-order valence-corrected chi connectivity index (χ2v) is 9.75. The first kappa shape index (κ1) is 22.0. The van der Waals surface area contributed by atoms with Crippen molar-refractivity contribution in [3.63, 3.8) is 0 Å². The van der Waals surface area contributed by atoms with E-state index in [1.807, 2.05) is 19.9 Å². The molecule has 168 valence electrons. The average Bonchev–Trinajstić information content (AvgIpc) is 3.32. The average molecular weight is 455 g/mol. The molecule has 9 heteroatoms. The van der Waals surface area contributed by atoms with Crippen molar-refractivity contribution in [2.75, 3.05) is 16.8 Å². The summed E-state index contributed by atoms with van der Waals surface area (Å²) in [4.78, 5) is 31.7. The summed E-state index contributed by atoms with van der Waals surface area (Å²) in [6.45, 7) is 4.53. The SMILES string of the molecule is CC[C@H](C)[C@H](N=C1NS(=O)(=O)c2ccccc21)C(=O)Nc1cccc(N2CCCC2=O)c1. The molecule has 0 spiro atoms. The van der Waals surface area contributed by atoms with Gasteiger partial charge in [-0.25, -0.2) is 8.42 Å². The second kappa shape index (κ2) is 8.74. The molecule has 0 unspecified atom stereocenters. The Morgan fingerprint density at radius 3 is 2.72 bits per heavy atom. The number of amides is 2. The molecular weight excluding hydrogens is 428 g/mol. The van der Waals surface area contributed by atoms with Gasteiger partial charge in [-0.15, -0.1) is 0 Å². The predicted molar refractivity (Wildman–Crippen MR) is 123 cm³/mol. The highest BCUT2D eigenvalue weighted by atomic mass is 32.2. The first-order valence-corrected chi connectivity index (χ1v) is 12.2. The van der Waals surface area contributed by atoms with Crippen LogP contribution in [-0.4, -0.2) is 38.7 Å². The normalized spacial score (nSPS) is 20.0. The second-order valence-electron chi connectivity index (χ2n) is 8.10. The van der Waals surface area contributed by atoms with E-state index in [0.29, 0.717) is 30.6 Å². The van der Waals surface area contributed by atoms with Crippen LogP contribution < -0.4 is 14.9 Å². The molecule has 2 atom stereocenters. The summed E-state index contributed by atoms with van der Waals surface area (Å²) in [5.41, 5.74) is 1.77. The molecule has 2 heterocycles. The smallest absolute Gasteiger partial charge is 0.263 e. The highest BCUT2D eigenvalue weighted by Crippen LogP contribution is 2.26. The number of benzene rings is 2. The van der Waals surface area contributed by atoms with Gasteiger partial charge in [-0.1, -0.05) is 38.5 Å². The third-order valence-electron chi connectivity index (χ3n) is 5.88. The largest absolute Gasteiger partial charge is 0.324 e. The van der Waals surface area contributed by atoms with Crippen molar-refractivity contribution < 1.29 is 18.0 Å². The lowest BCUT2D eigenvalue weighted by atomic mass is 9.98. The molecule has 8 nitrogen and oxygen atoms in total. The fourth-order valence-electron chi connectivity index (χ4n) is 3.93. The van der Waals surface area contributed by atoms with Crippen molar-refractivity contribution in [2.24, 2.45) is 10.9 Å². The van der Waals surface area contributed by atoms with Gasteiger partial charge in [-0.3, -0.25) is 19.3 Å². The lowest BCUT2D eigenvalue weighted by molar-refractivity contribution is -0.118. The number of rotatable bonds is 6. The summed E-state index contributed by atoms with van der Waals surface area (Å²) in [5.74, 6) is -0.203. The highest BCUT2D eigenvalue weighted by Gasteiger charge is 2.33. The molecule has 1 fully saturated rings. The lowest BCUT2D eigenvalue weighted by Crippen LogP contribution is -2.35. The van der Waals surface area contributed by atoms with E-state index in [-0.39, 0.29) is 28.5 Å². The molecule has 2 N–H and O–H groups in total. The fraction of sp³-hybridized carbons (Fsp3) is 0.348. The Balaban J connectivity index is 1.61. The molecule has 2 aromatic rings. The number of aliphatic imine (C=N–C) groups is 1. The van der Waals surface area contributed by atoms with Crippen molar-refractivity contribution in [3.05, 3.63) is 54.1 Å². The Morgan fingerprint density at radius 2 is 2.00 bits per heavy atom. The summed E-state index contributed by atoms with van der Waals surface area (Å²) in [5, 5.41) is 2.89. The van der Waals surface area contributed by atoms with Crippen molar-refractivity contribution in [1.82, 2.24) is 4.72 Å². The molecule has 2 amide bonds. The summed E-state index contributed by atoms with van der Waals surface area (Å²) >= 11 is 0. The van der Waals surface area contributed by atoms with E-state index in [4.69, 9.17) is 0 Å². The van der Waals surface area contributed by atoms with E-state index in [1.165, 1.54) is 6.07 Å². The molecule has 2 aliphatic rings. The highest BCUT2D eigenvalue weighted by molar-refractivity contribution is 7.90. The molecule has 2 aliphatic heterocycles. The molecule has 1 saturated heterocycles. The quantitative estimate of drug-likeness (QED) is 0.700. The van der Waals surface area contributed by atoms with Crippen LogP contribution in [0.2, 0.25) is 0 Å². The molecule has 0 radical (unpaired) electrons. The van der Waals surface area contributed by atoms with E-state index >= 15 is 0 Å². The monoisotopic (exact) mass is 454 g/mol. The number of anilines is 2. The minimum atomic E-state index is -3.69. The van der Waals surface area contributed by atoms with Crippen LogP contribution >= 0.6 is 0 Å². The van der Waals surface area contributed by atoms with Crippen LogP contribution in [0.4, 0.5) is 11.4 Å². The van der Waals surface area contributed by atoms with Gasteiger partial charge in [0.25, 0.3) is 10.0 Å². The molecule has 4 rings (SSSR count). The maximum Gasteiger partial charge on any atom is 0.263 e. The number of nitrogens with one attached hydrogen (secondary N) is 2. The maximum absolute atomic E-state index is 13.2. The Hall–Kier alpha value is -3.20. The van der Waals surface area contributed by atoms with E-state index in [1.54, 1.807) is 41.3 Å². The van der Waals surface area contributed by atoms with Crippen LogP contribution in [-0.2, 0) is 19.6 Å². The third kappa shape index (κ3) is 4.25. The minimum Gasteiger partial charge on any atom is -0.324 e. The number of nitrogens with zero attached hydrogens (tertiary/aromatic N) is 2. The Morgan fingerprint density at radius 1 is 1.22 bits per heavy atom. The standard InChI is InChI=1S/C23H26N4O4S/c1-3-15(2)21(25-22-18-10-4-5-11-19(18)32(30,31)26-22)23(29)24-16-8-6-9-17(14-16)27-13-7-12-20(27)28/h4-6,8-11,14-15,21H,3,7,12-13H2,1-2H3,(H,24,29)(H,25,26)/t15-,21-/m0/s1. The van der Waals surface area contributed by atoms with Crippen LogP contribution in [0.1, 0.15) is 38.7 Å². The number of carbonyl (C=O) groups excluding carboxylic acids is 2. The van der Waals surface area contributed by atoms with Crippen LogP contribution in [0.3, 0.4) is 0 Å². The summed E-state index contributed by atoms with van der Waals surface area (Å²) < 4.78 is 27.3. The van der Waals surface area contributed by atoms with Crippen LogP contribution in [0.15, 0.2) is 58.4 Å². The zero-order valence-corrected chi connectivity index (χ0v) is 18.9. The van der Waals surface area contributed by atoms with Crippen LogP contribution in [0.5, 0.6) is 0 Å². The van der Waals surface area contributed by atoms with Crippen molar-refractivity contribution in [1.29, 1.82) is 0 Å². The van der Waals surface area contributed by atoms with E-state index in [2.05, 4.69) is 15.0 Å². The Kier molecular flexibility index (Phi) is 6.01. The number of carbonyl (C=O) groups is 2. The molecule has 0 bridgehead atoms. The van der Waals surface area contributed by atoms with Gasteiger partial charge in [0.1, 0.15) is 11.9 Å². The van der Waals surface area contributed by atoms with Crippen LogP contribution in [0, 0.1) is 5.92 Å². The third-order valence-corrected chi connectivity index (χ3v) is 7.28. The first-order chi connectivity index (χ1) is 15.3. The Bertz CT molecular complexity index is 1190. The van der Waals surface area contributed by atoms with Crippen molar-refractivity contribution >= 4 is 39.0 Å². The summed E-state index contributed by atoms with van der Waals surface area (Å²) in [6, 6.07) is 13.0. The van der Waals surface area contributed by atoms with E-state index < -0.39 is 16.1 Å². The number of amidine groups is 1. The van der Waals surface area contributed by atoms with E-state index in [9.17, 15) is 18.0 Å². The zero-order chi connectivity index (χ0) is 22.9. The van der Waals surface area contributed by atoms with Gasteiger partial charge in [-0.2, -0.15) is 0 Å². The fourth-order valence-corrected chi connectivity index (χ4v) is 5.16. The number of hydrogen-bond donors (Lipinski definition) is 2. The summed E-state index contributed by atoms with van der Waals surface area (Å²) in [6.07, 6.45) is 2.04. The van der Waals surface area contributed by atoms with Gasteiger partial charge >= 0.3 is 0 Å². The predicted octanol–water partition coefficient (Wildman–Crippen LogP) is 2.91. The van der Waals surface area contributed by atoms with Crippen LogP contribution in [0.25, 0.3) is 0 Å². The van der Waals surface area contributed by atoms with Gasteiger partial charge in [0, 0.05) is 29.9 Å². The topological polar surface area (TPSA) is 108 Å². The zero-order valence-electron chi connectivity index (χ0n) is 18.0. The molecule has 0 aliphatic carbocycles. The van der Waals surface area contributed by atoms with Gasteiger partial charge in [0.15, 0.2) is 0 Å². The lowest BCUT2D eigenvalue weighted by Gasteiger charge is -2.21. The van der Waals surface area contributed by atoms with Crippen molar-refractivity contribution in [3.8, 4) is 0 Å².